The number of likely N-dealkylation sites (N-methyl/N-ethyl adjacent to an activating group) is 1. The molecule has 1 aliphatic carbocycles. The van der Waals surface area contributed by atoms with Gasteiger partial charge >= 0.3 is 5.97 Å². The third kappa shape index (κ3) is 3.08. The molecule has 2 rings (SSSR count). The lowest BCUT2D eigenvalue weighted by atomic mass is 9.76. The van der Waals surface area contributed by atoms with E-state index in [2.05, 4.69) is 23.6 Å². The Kier molecular flexibility index (Phi) is 4.63. The second-order valence-electron chi connectivity index (χ2n) is 5.55. The van der Waals surface area contributed by atoms with Gasteiger partial charge < -0.3 is 15.7 Å². The summed E-state index contributed by atoms with van der Waals surface area (Å²) in [6.07, 6.45) is 2.41. The van der Waals surface area contributed by atoms with Crippen LogP contribution >= 0.6 is 0 Å². The Bertz CT molecular complexity index is 556. The Morgan fingerprint density at radius 2 is 2.14 bits per heavy atom. The minimum Gasteiger partial charge on any atom is -0.479 e. The molecule has 5 heteroatoms. The SMILES string of the molecule is CCc1cccc2c1CCC(NC(=O)CNC)(C(=O)O)C2. The van der Waals surface area contributed by atoms with Gasteiger partial charge in [0.25, 0.3) is 0 Å². The number of fused-ring (bicyclic) bond motifs is 1. The van der Waals surface area contributed by atoms with Crippen molar-refractivity contribution >= 4 is 11.9 Å². The molecule has 0 saturated carbocycles. The van der Waals surface area contributed by atoms with Crippen molar-refractivity contribution in [2.24, 2.45) is 0 Å². The van der Waals surface area contributed by atoms with Crippen LogP contribution in [0.3, 0.4) is 0 Å². The fourth-order valence-electron chi connectivity index (χ4n) is 3.07. The monoisotopic (exact) mass is 290 g/mol. The van der Waals surface area contributed by atoms with Gasteiger partial charge in [-0.25, -0.2) is 4.79 Å². The molecule has 1 aromatic rings. The first kappa shape index (κ1) is 15.5. The molecule has 1 aliphatic rings. The van der Waals surface area contributed by atoms with Gasteiger partial charge in [-0.3, -0.25) is 4.79 Å². The Morgan fingerprint density at radius 1 is 1.38 bits per heavy atom. The van der Waals surface area contributed by atoms with Crippen LogP contribution in [0, 0.1) is 0 Å². The lowest BCUT2D eigenvalue weighted by Crippen LogP contribution is -2.59. The van der Waals surface area contributed by atoms with Gasteiger partial charge in [0.15, 0.2) is 0 Å². The van der Waals surface area contributed by atoms with E-state index < -0.39 is 11.5 Å². The molecule has 21 heavy (non-hydrogen) atoms. The molecular formula is C16H22N2O3. The highest BCUT2D eigenvalue weighted by atomic mass is 16.4. The largest absolute Gasteiger partial charge is 0.479 e. The van der Waals surface area contributed by atoms with Crippen LogP contribution < -0.4 is 10.6 Å². The molecule has 0 saturated heterocycles. The first-order valence-electron chi connectivity index (χ1n) is 7.31. The Labute approximate surface area is 124 Å². The molecule has 3 N–H and O–H groups in total. The van der Waals surface area contributed by atoms with E-state index >= 15 is 0 Å². The van der Waals surface area contributed by atoms with Gasteiger partial charge in [0.1, 0.15) is 5.54 Å². The summed E-state index contributed by atoms with van der Waals surface area (Å²) in [7, 11) is 1.66. The minimum atomic E-state index is -1.19. The van der Waals surface area contributed by atoms with Gasteiger partial charge in [0.2, 0.25) is 5.91 Å². The van der Waals surface area contributed by atoms with Gasteiger partial charge in [0, 0.05) is 6.42 Å². The van der Waals surface area contributed by atoms with E-state index in [0.29, 0.717) is 19.3 Å². The van der Waals surface area contributed by atoms with E-state index in [1.807, 2.05) is 12.1 Å². The highest BCUT2D eigenvalue weighted by Crippen LogP contribution is 2.31. The second-order valence-corrected chi connectivity index (χ2v) is 5.55. The predicted octanol–water partition coefficient (Wildman–Crippen LogP) is 0.897. The average Bonchev–Trinajstić information content (AvgIpc) is 2.46. The van der Waals surface area contributed by atoms with Crippen molar-refractivity contribution in [1.82, 2.24) is 10.6 Å². The van der Waals surface area contributed by atoms with E-state index in [9.17, 15) is 14.7 Å². The third-order valence-electron chi connectivity index (χ3n) is 4.17. The Hall–Kier alpha value is -1.88. The van der Waals surface area contributed by atoms with Crippen molar-refractivity contribution in [3.8, 4) is 0 Å². The number of carbonyl (C=O) groups excluding carboxylic acids is 1. The summed E-state index contributed by atoms with van der Waals surface area (Å²) in [5.41, 5.74) is 2.37. The van der Waals surface area contributed by atoms with Gasteiger partial charge in [-0.05, 0) is 43.0 Å². The molecule has 0 aromatic heterocycles. The van der Waals surface area contributed by atoms with Crippen molar-refractivity contribution in [3.05, 3.63) is 34.9 Å². The average molecular weight is 290 g/mol. The number of amides is 1. The van der Waals surface area contributed by atoms with Crippen molar-refractivity contribution in [2.75, 3.05) is 13.6 Å². The maximum Gasteiger partial charge on any atom is 0.329 e. The number of aryl methyl sites for hydroxylation is 1. The van der Waals surface area contributed by atoms with E-state index in [1.54, 1.807) is 7.05 Å². The van der Waals surface area contributed by atoms with Gasteiger partial charge in [-0.1, -0.05) is 25.1 Å². The molecular weight excluding hydrogens is 268 g/mol. The molecule has 1 atom stereocenters. The van der Waals surface area contributed by atoms with Crippen LogP contribution in [0.2, 0.25) is 0 Å². The molecule has 114 valence electrons. The second kappa shape index (κ2) is 6.26. The van der Waals surface area contributed by atoms with E-state index in [1.165, 1.54) is 11.1 Å². The van der Waals surface area contributed by atoms with Crippen molar-refractivity contribution in [1.29, 1.82) is 0 Å². The Morgan fingerprint density at radius 3 is 2.76 bits per heavy atom. The Balaban J connectivity index is 2.30. The summed E-state index contributed by atoms with van der Waals surface area (Å²) in [6.45, 7) is 2.22. The lowest BCUT2D eigenvalue weighted by Gasteiger charge is -2.36. The number of hydrogen-bond acceptors (Lipinski definition) is 3. The van der Waals surface area contributed by atoms with Gasteiger partial charge in [0.05, 0.1) is 6.54 Å². The summed E-state index contributed by atoms with van der Waals surface area (Å²) < 4.78 is 0. The van der Waals surface area contributed by atoms with Gasteiger partial charge in [-0.2, -0.15) is 0 Å². The van der Waals surface area contributed by atoms with Gasteiger partial charge in [-0.15, -0.1) is 0 Å². The van der Waals surface area contributed by atoms with E-state index in [4.69, 9.17) is 0 Å². The van der Waals surface area contributed by atoms with Crippen molar-refractivity contribution in [3.63, 3.8) is 0 Å². The van der Waals surface area contributed by atoms with Crippen molar-refractivity contribution in [2.45, 2.75) is 38.1 Å². The van der Waals surface area contributed by atoms with Crippen LogP contribution in [0.5, 0.6) is 0 Å². The number of rotatable bonds is 5. The molecule has 5 nitrogen and oxygen atoms in total. The zero-order chi connectivity index (χ0) is 15.5. The molecule has 0 bridgehead atoms. The molecule has 0 spiro atoms. The number of nitrogens with one attached hydrogen (secondary N) is 2. The topological polar surface area (TPSA) is 78.4 Å². The number of carboxylic acid groups (broad SMARTS) is 1. The number of aliphatic carboxylic acids is 1. The molecule has 1 amide bonds. The van der Waals surface area contributed by atoms with Crippen molar-refractivity contribution < 1.29 is 14.7 Å². The fourth-order valence-corrected chi connectivity index (χ4v) is 3.07. The summed E-state index contributed by atoms with van der Waals surface area (Å²) >= 11 is 0. The highest BCUT2D eigenvalue weighted by Gasteiger charge is 2.42. The molecule has 0 radical (unpaired) electrons. The maximum atomic E-state index is 11.8. The number of hydrogen-bond donors (Lipinski definition) is 3. The summed E-state index contributed by atoms with van der Waals surface area (Å²) in [5.74, 6) is -1.24. The fraction of sp³-hybridized carbons (Fsp3) is 0.500. The van der Waals surface area contributed by atoms with Crippen LogP contribution in [-0.2, 0) is 28.9 Å². The third-order valence-corrected chi connectivity index (χ3v) is 4.17. The lowest BCUT2D eigenvalue weighted by molar-refractivity contribution is -0.148. The predicted molar refractivity (Wildman–Crippen MR) is 80.3 cm³/mol. The molecule has 1 aromatic carbocycles. The van der Waals surface area contributed by atoms with E-state index in [0.717, 1.165) is 12.0 Å². The molecule has 1 unspecified atom stereocenters. The number of benzene rings is 1. The van der Waals surface area contributed by atoms with Crippen LogP contribution in [0.15, 0.2) is 18.2 Å². The van der Waals surface area contributed by atoms with Crippen LogP contribution in [0.1, 0.15) is 30.0 Å². The number of carboxylic acids is 1. The summed E-state index contributed by atoms with van der Waals surface area (Å²) in [6, 6.07) is 6.02. The standard InChI is InChI=1S/C16H22N2O3/c1-3-11-5-4-6-12-9-16(15(20)21,8-7-13(11)12)18-14(19)10-17-2/h4-6,17H,3,7-10H2,1-2H3,(H,18,19)(H,20,21). The molecule has 0 fully saturated rings. The zero-order valence-electron chi connectivity index (χ0n) is 12.5. The quantitative estimate of drug-likeness (QED) is 0.753. The van der Waals surface area contributed by atoms with E-state index in [-0.39, 0.29) is 12.5 Å². The smallest absolute Gasteiger partial charge is 0.329 e. The maximum absolute atomic E-state index is 11.8. The highest BCUT2D eigenvalue weighted by molar-refractivity contribution is 5.88. The van der Waals surface area contributed by atoms with Crippen LogP contribution in [0.25, 0.3) is 0 Å². The van der Waals surface area contributed by atoms with Crippen LogP contribution in [-0.4, -0.2) is 36.1 Å². The zero-order valence-corrected chi connectivity index (χ0v) is 12.5. The number of carbonyl (C=O) groups is 2. The first-order chi connectivity index (χ1) is 10.0. The normalized spacial score (nSPS) is 20.7. The minimum absolute atomic E-state index is 0.122. The molecule has 0 heterocycles. The summed E-state index contributed by atoms with van der Waals surface area (Å²) in [4.78, 5) is 23.6. The van der Waals surface area contributed by atoms with Crippen LogP contribution in [0.4, 0.5) is 0 Å². The summed E-state index contributed by atoms with van der Waals surface area (Å²) in [5, 5.41) is 15.1. The first-order valence-corrected chi connectivity index (χ1v) is 7.31. The molecule has 0 aliphatic heterocycles.